The van der Waals surface area contributed by atoms with E-state index in [9.17, 15) is 0 Å². The average Bonchev–Trinajstić information content (AvgIpc) is 2.66. The van der Waals surface area contributed by atoms with Crippen molar-refractivity contribution in [3.8, 4) is 0 Å². The summed E-state index contributed by atoms with van der Waals surface area (Å²) in [7, 11) is 0. The lowest BCUT2D eigenvalue weighted by Gasteiger charge is -2.23. The Bertz CT molecular complexity index is 147. The van der Waals surface area contributed by atoms with E-state index in [0.29, 0.717) is 0 Å². The van der Waals surface area contributed by atoms with Crippen LogP contribution in [0, 0.1) is 0 Å². The van der Waals surface area contributed by atoms with E-state index in [0.717, 1.165) is 6.04 Å². The predicted molar refractivity (Wildman–Crippen MR) is 67.3 cm³/mol. The summed E-state index contributed by atoms with van der Waals surface area (Å²) in [6.45, 7) is 9.58. The zero-order chi connectivity index (χ0) is 10.9. The summed E-state index contributed by atoms with van der Waals surface area (Å²) in [6, 6.07) is 0.897. The van der Waals surface area contributed by atoms with Crippen LogP contribution in [0.1, 0.15) is 52.4 Å². The van der Waals surface area contributed by atoms with Gasteiger partial charge < -0.3 is 10.2 Å². The van der Waals surface area contributed by atoms with Gasteiger partial charge in [0.25, 0.3) is 0 Å². The molecule has 0 bridgehead atoms. The normalized spacial score (nSPS) is 22.4. The number of hydrogen-bond donors (Lipinski definition) is 1. The lowest BCUT2D eigenvalue weighted by Crippen LogP contribution is -2.30. The summed E-state index contributed by atoms with van der Waals surface area (Å²) in [4.78, 5) is 2.69. The van der Waals surface area contributed by atoms with Gasteiger partial charge in [-0.1, -0.05) is 13.8 Å². The standard InChI is InChI=1S/C13H28N2/c1-3-9-14-10-5-7-13-8-6-12-15(13)11-4-2/h13-14H,3-12H2,1-2H3/t13-/m0/s1. The van der Waals surface area contributed by atoms with Gasteiger partial charge in [0.1, 0.15) is 0 Å². The van der Waals surface area contributed by atoms with Crippen LogP contribution in [-0.4, -0.2) is 37.1 Å². The highest BCUT2D eigenvalue weighted by molar-refractivity contribution is 4.78. The fourth-order valence-electron chi connectivity index (χ4n) is 2.57. The van der Waals surface area contributed by atoms with Crippen molar-refractivity contribution in [1.82, 2.24) is 10.2 Å². The molecular weight excluding hydrogens is 184 g/mol. The van der Waals surface area contributed by atoms with E-state index in [1.807, 2.05) is 0 Å². The van der Waals surface area contributed by atoms with E-state index in [-0.39, 0.29) is 0 Å². The molecule has 0 saturated carbocycles. The molecule has 1 aliphatic rings. The van der Waals surface area contributed by atoms with Gasteiger partial charge in [-0.05, 0) is 64.7 Å². The van der Waals surface area contributed by atoms with Gasteiger partial charge in [0, 0.05) is 6.04 Å². The molecule has 0 spiro atoms. The van der Waals surface area contributed by atoms with Crippen molar-refractivity contribution in [1.29, 1.82) is 0 Å². The number of likely N-dealkylation sites (tertiary alicyclic amines) is 1. The zero-order valence-corrected chi connectivity index (χ0v) is 10.6. The molecule has 90 valence electrons. The molecule has 1 saturated heterocycles. The molecule has 1 aliphatic heterocycles. The van der Waals surface area contributed by atoms with Crippen molar-refractivity contribution in [3.63, 3.8) is 0 Å². The van der Waals surface area contributed by atoms with Gasteiger partial charge in [0.15, 0.2) is 0 Å². The van der Waals surface area contributed by atoms with E-state index < -0.39 is 0 Å². The van der Waals surface area contributed by atoms with Crippen molar-refractivity contribution in [2.24, 2.45) is 0 Å². The minimum atomic E-state index is 0.897. The molecule has 0 aromatic heterocycles. The summed E-state index contributed by atoms with van der Waals surface area (Å²) in [6.07, 6.45) is 8.18. The Morgan fingerprint density at radius 2 is 2.07 bits per heavy atom. The van der Waals surface area contributed by atoms with Gasteiger partial charge >= 0.3 is 0 Å². The highest BCUT2D eigenvalue weighted by Gasteiger charge is 2.22. The van der Waals surface area contributed by atoms with Crippen LogP contribution < -0.4 is 5.32 Å². The Hall–Kier alpha value is -0.0800. The van der Waals surface area contributed by atoms with Crippen LogP contribution in [-0.2, 0) is 0 Å². The Morgan fingerprint density at radius 3 is 2.80 bits per heavy atom. The molecular formula is C13H28N2. The van der Waals surface area contributed by atoms with E-state index in [1.165, 1.54) is 64.7 Å². The first kappa shape index (κ1) is 13.0. The quantitative estimate of drug-likeness (QED) is 0.622. The Kier molecular flexibility index (Phi) is 7.03. The van der Waals surface area contributed by atoms with Crippen molar-refractivity contribution >= 4 is 0 Å². The fraction of sp³-hybridized carbons (Fsp3) is 1.00. The Balaban J connectivity index is 2.03. The van der Waals surface area contributed by atoms with Crippen LogP contribution in [0.15, 0.2) is 0 Å². The maximum absolute atomic E-state index is 3.49. The lowest BCUT2D eigenvalue weighted by molar-refractivity contribution is 0.240. The summed E-state index contributed by atoms with van der Waals surface area (Å²) in [5.41, 5.74) is 0. The molecule has 1 N–H and O–H groups in total. The smallest absolute Gasteiger partial charge is 0.00962 e. The molecule has 1 heterocycles. The summed E-state index contributed by atoms with van der Waals surface area (Å²) < 4.78 is 0. The van der Waals surface area contributed by atoms with Gasteiger partial charge in [0.05, 0.1) is 0 Å². The molecule has 0 amide bonds. The molecule has 1 atom stereocenters. The molecule has 1 rings (SSSR count). The average molecular weight is 212 g/mol. The van der Waals surface area contributed by atoms with E-state index in [2.05, 4.69) is 24.1 Å². The zero-order valence-electron chi connectivity index (χ0n) is 10.6. The Morgan fingerprint density at radius 1 is 1.20 bits per heavy atom. The third-order valence-corrected chi connectivity index (χ3v) is 3.33. The van der Waals surface area contributed by atoms with Gasteiger partial charge in [-0.25, -0.2) is 0 Å². The molecule has 0 unspecified atom stereocenters. The molecule has 2 heteroatoms. The van der Waals surface area contributed by atoms with Crippen LogP contribution in [0.2, 0.25) is 0 Å². The maximum atomic E-state index is 3.49. The minimum Gasteiger partial charge on any atom is -0.317 e. The summed E-state index contributed by atoms with van der Waals surface area (Å²) in [5, 5.41) is 3.49. The van der Waals surface area contributed by atoms with E-state index in [4.69, 9.17) is 0 Å². The first-order valence-electron chi connectivity index (χ1n) is 6.83. The first-order chi connectivity index (χ1) is 7.38. The SMILES string of the molecule is CCCNCCC[C@H]1CCCN1CCC. The fourth-order valence-corrected chi connectivity index (χ4v) is 2.57. The van der Waals surface area contributed by atoms with E-state index in [1.54, 1.807) is 0 Å². The summed E-state index contributed by atoms with van der Waals surface area (Å²) >= 11 is 0. The summed E-state index contributed by atoms with van der Waals surface area (Å²) in [5.74, 6) is 0. The highest BCUT2D eigenvalue weighted by Crippen LogP contribution is 2.20. The molecule has 15 heavy (non-hydrogen) atoms. The lowest BCUT2D eigenvalue weighted by atomic mass is 10.1. The van der Waals surface area contributed by atoms with Crippen molar-refractivity contribution < 1.29 is 0 Å². The highest BCUT2D eigenvalue weighted by atomic mass is 15.2. The topological polar surface area (TPSA) is 15.3 Å². The minimum absolute atomic E-state index is 0.897. The van der Waals surface area contributed by atoms with Crippen LogP contribution in [0.5, 0.6) is 0 Å². The number of hydrogen-bond acceptors (Lipinski definition) is 2. The molecule has 1 fully saturated rings. The second kappa shape index (κ2) is 8.12. The third kappa shape index (κ3) is 4.98. The van der Waals surface area contributed by atoms with Crippen molar-refractivity contribution in [2.75, 3.05) is 26.2 Å². The number of nitrogens with zero attached hydrogens (tertiary/aromatic N) is 1. The number of nitrogens with one attached hydrogen (secondary N) is 1. The van der Waals surface area contributed by atoms with Crippen LogP contribution in [0.25, 0.3) is 0 Å². The predicted octanol–water partition coefficient (Wildman–Crippen LogP) is 2.64. The molecule has 0 aromatic carbocycles. The maximum Gasteiger partial charge on any atom is 0.00962 e. The largest absolute Gasteiger partial charge is 0.317 e. The Labute approximate surface area is 95.4 Å². The molecule has 0 aromatic rings. The van der Waals surface area contributed by atoms with Crippen LogP contribution >= 0.6 is 0 Å². The van der Waals surface area contributed by atoms with Gasteiger partial charge in [-0.3, -0.25) is 0 Å². The molecule has 0 radical (unpaired) electrons. The number of rotatable bonds is 8. The monoisotopic (exact) mass is 212 g/mol. The first-order valence-corrected chi connectivity index (χ1v) is 6.83. The van der Waals surface area contributed by atoms with E-state index >= 15 is 0 Å². The van der Waals surface area contributed by atoms with Crippen molar-refractivity contribution in [2.45, 2.75) is 58.4 Å². The van der Waals surface area contributed by atoms with Gasteiger partial charge in [-0.15, -0.1) is 0 Å². The third-order valence-electron chi connectivity index (χ3n) is 3.33. The second-order valence-electron chi connectivity index (χ2n) is 4.72. The molecule has 2 nitrogen and oxygen atoms in total. The van der Waals surface area contributed by atoms with Crippen LogP contribution in [0.3, 0.4) is 0 Å². The van der Waals surface area contributed by atoms with Crippen molar-refractivity contribution in [3.05, 3.63) is 0 Å². The second-order valence-corrected chi connectivity index (χ2v) is 4.72. The van der Waals surface area contributed by atoms with Gasteiger partial charge in [0.2, 0.25) is 0 Å². The van der Waals surface area contributed by atoms with Crippen LogP contribution in [0.4, 0.5) is 0 Å². The van der Waals surface area contributed by atoms with Gasteiger partial charge in [-0.2, -0.15) is 0 Å². The molecule has 0 aliphatic carbocycles.